The van der Waals surface area contributed by atoms with Crippen LogP contribution in [0, 0.1) is 0 Å². The van der Waals surface area contributed by atoms with Crippen LogP contribution in [0.2, 0.25) is 0 Å². The minimum atomic E-state index is 0.450. The minimum Gasteiger partial charge on any atom is -0.479 e. The fraction of sp³-hybridized carbons (Fsp3) is 0.188. The van der Waals surface area contributed by atoms with E-state index in [0.717, 1.165) is 10.9 Å². The van der Waals surface area contributed by atoms with Gasteiger partial charge in [0.05, 0.1) is 12.5 Å². The molecule has 0 bridgehead atoms. The van der Waals surface area contributed by atoms with Crippen LogP contribution in [-0.4, -0.2) is 28.3 Å². The molecule has 0 aliphatic heterocycles. The second-order valence-corrected chi connectivity index (χ2v) is 5.41. The van der Waals surface area contributed by atoms with Crippen molar-refractivity contribution in [2.24, 2.45) is 0 Å². The number of fused-ring (bicyclic) bond motifs is 1. The third-order valence-corrected chi connectivity index (χ3v) is 3.95. The number of ether oxygens (including phenoxy) is 2. The lowest BCUT2D eigenvalue weighted by atomic mass is 10.2. The Bertz CT molecular complexity index is 778. The molecule has 112 valence electrons. The summed E-state index contributed by atoms with van der Waals surface area (Å²) < 4.78 is 11.0. The van der Waals surface area contributed by atoms with Gasteiger partial charge in [-0.05, 0) is 30.0 Å². The number of aromatic nitrogens is 3. The van der Waals surface area contributed by atoms with Gasteiger partial charge >= 0.3 is 0 Å². The van der Waals surface area contributed by atoms with Crippen LogP contribution >= 0.6 is 11.8 Å². The van der Waals surface area contributed by atoms with E-state index in [1.54, 1.807) is 25.1 Å². The van der Waals surface area contributed by atoms with Gasteiger partial charge in [-0.25, -0.2) is 15.0 Å². The number of rotatable bonds is 5. The maximum absolute atomic E-state index is 5.84. The number of methoxy groups -OCH3 is 1. The molecule has 3 rings (SSSR count). The highest BCUT2D eigenvalue weighted by atomic mass is 32.2. The summed E-state index contributed by atoms with van der Waals surface area (Å²) >= 11 is 1.72. The molecular weight excluding hydrogens is 298 g/mol. The largest absolute Gasteiger partial charge is 0.479 e. The molecule has 22 heavy (non-hydrogen) atoms. The van der Waals surface area contributed by atoms with Gasteiger partial charge in [-0.1, -0.05) is 12.1 Å². The smallest absolute Gasteiger partial charge is 0.240 e. The van der Waals surface area contributed by atoms with Crippen molar-refractivity contribution in [1.29, 1.82) is 0 Å². The second-order valence-electron chi connectivity index (χ2n) is 4.53. The lowest BCUT2D eigenvalue weighted by Crippen LogP contribution is -2.00. The summed E-state index contributed by atoms with van der Waals surface area (Å²) in [5.74, 6) is 0.994. The van der Waals surface area contributed by atoms with E-state index in [0.29, 0.717) is 23.9 Å². The highest BCUT2D eigenvalue weighted by Crippen LogP contribution is 2.27. The van der Waals surface area contributed by atoms with Crippen LogP contribution in [0.5, 0.6) is 11.8 Å². The molecule has 2 aromatic heterocycles. The summed E-state index contributed by atoms with van der Waals surface area (Å²) in [6, 6.07) is 10.1. The number of hydrogen-bond acceptors (Lipinski definition) is 6. The van der Waals surface area contributed by atoms with Crippen molar-refractivity contribution in [1.82, 2.24) is 15.0 Å². The van der Waals surface area contributed by atoms with Gasteiger partial charge in [-0.15, -0.1) is 11.8 Å². The molecule has 0 fully saturated rings. The van der Waals surface area contributed by atoms with Crippen molar-refractivity contribution < 1.29 is 9.47 Å². The molecule has 2 heterocycles. The van der Waals surface area contributed by atoms with Crippen LogP contribution < -0.4 is 9.47 Å². The lowest BCUT2D eigenvalue weighted by molar-refractivity contribution is 0.297. The van der Waals surface area contributed by atoms with Crippen molar-refractivity contribution in [3.05, 3.63) is 48.4 Å². The third kappa shape index (κ3) is 2.96. The zero-order chi connectivity index (χ0) is 15.4. The number of benzene rings is 1. The number of nitrogens with zero attached hydrogens (tertiary/aromatic N) is 3. The first kappa shape index (κ1) is 14.6. The van der Waals surface area contributed by atoms with Crippen LogP contribution in [0.1, 0.15) is 5.56 Å². The molecule has 0 aliphatic rings. The fourth-order valence-corrected chi connectivity index (χ4v) is 2.49. The van der Waals surface area contributed by atoms with Gasteiger partial charge in [0.2, 0.25) is 11.8 Å². The third-order valence-electron chi connectivity index (χ3n) is 3.21. The van der Waals surface area contributed by atoms with E-state index >= 15 is 0 Å². The quantitative estimate of drug-likeness (QED) is 0.673. The summed E-state index contributed by atoms with van der Waals surface area (Å²) in [7, 11) is 1.57. The Morgan fingerprint density at radius 2 is 1.82 bits per heavy atom. The Morgan fingerprint density at radius 1 is 1.00 bits per heavy atom. The number of pyridine rings is 1. The Balaban J connectivity index is 1.84. The first-order valence-electron chi connectivity index (χ1n) is 6.71. The van der Waals surface area contributed by atoms with Gasteiger partial charge < -0.3 is 9.47 Å². The van der Waals surface area contributed by atoms with Gasteiger partial charge in [0, 0.05) is 11.1 Å². The topological polar surface area (TPSA) is 57.1 Å². The molecule has 0 saturated heterocycles. The lowest BCUT2D eigenvalue weighted by Gasteiger charge is -2.09. The van der Waals surface area contributed by atoms with Crippen LogP contribution in [0.3, 0.4) is 0 Å². The van der Waals surface area contributed by atoms with Gasteiger partial charge in [-0.3, -0.25) is 0 Å². The van der Waals surface area contributed by atoms with E-state index in [4.69, 9.17) is 9.47 Å². The molecule has 0 saturated carbocycles. The first-order valence-corrected chi connectivity index (χ1v) is 7.93. The number of thioether (sulfide) groups is 1. The molecule has 0 N–H and O–H groups in total. The molecule has 5 nitrogen and oxygen atoms in total. The Kier molecular flexibility index (Phi) is 4.39. The van der Waals surface area contributed by atoms with E-state index in [1.807, 2.05) is 6.07 Å². The van der Waals surface area contributed by atoms with Crippen LogP contribution in [-0.2, 0) is 6.61 Å². The average molecular weight is 313 g/mol. The zero-order valence-corrected chi connectivity index (χ0v) is 13.1. The first-order chi connectivity index (χ1) is 10.8. The number of hydrogen-bond donors (Lipinski definition) is 0. The van der Waals surface area contributed by atoms with E-state index in [-0.39, 0.29) is 0 Å². The van der Waals surface area contributed by atoms with Crippen molar-refractivity contribution in [2.75, 3.05) is 13.4 Å². The summed E-state index contributed by atoms with van der Waals surface area (Å²) in [4.78, 5) is 13.8. The molecule has 1 aromatic carbocycles. The fourth-order valence-electron chi connectivity index (χ4n) is 2.08. The Hall–Kier alpha value is -2.34. The second kappa shape index (κ2) is 6.62. The normalized spacial score (nSPS) is 10.6. The summed E-state index contributed by atoms with van der Waals surface area (Å²) in [6.07, 6.45) is 5.17. The predicted octanol–water partition coefficient (Wildman–Crippen LogP) is 3.33. The molecule has 0 unspecified atom stereocenters. The average Bonchev–Trinajstić information content (AvgIpc) is 2.59. The Labute approximate surface area is 132 Å². The van der Waals surface area contributed by atoms with Crippen LogP contribution in [0.4, 0.5) is 0 Å². The summed E-state index contributed by atoms with van der Waals surface area (Å²) in [5.41, 5.74) is 1.73. The standard InChI is InChI=1S/C16H15N3O2S/c1-20-16-14-13(7-8-17-16)15(19-10-18-14)21-9-11-3-5-12(22-2)6-4-11/h3-8,10H,9H2,1-2H3. The minimum absolute atomic E-state index is 0.450. The SMILES string of the molecule is COc1nccc2c(OCc3ccc(SC)cc3)ncnc12. The maximum atomic E-state index is 5.84. The predicted molar refractivity (Wildman–Crippen MR) is 86.4 cm³/mol. The van der Waals surface area contributed by atoms with Crippen molar-refractivity contribution in [2.45, 2.75) is 11.5 Å². The summed E-state index contributed by atoms with van der Waals surface area (Å²) in [5, 5.41) is 0.787. The highest BCUT2D eigenvalue weighted by molar-refractivity contribution is 7.98. The molecule has 0 aliphatic carbocycles. The van der Waals surface area contributed by atoms with Gasteiger partial charge in [0.25, 0.3) is 0 Å². The molecule has 0 amide bonds. The van der Waals surface area contributed by atoms with E-state index in [9.17, 15) is 0 Å². The van der Waals surface area contributed by atoms with Crippen molar-refractivity contribution in [3.63, 3.8) is 0 Å². The Morgan fingerprint density at radius 3 is 2.55 bits per heavy atom. The maximum Gasteiger partial charge on any atom is 0.240 e. The molecular formula is C16H15N3O2S. The van der Waals surface area contributed by atoms with Crippen molar-refractivity contribution >= 4 is 22.7 Å². The van der Waals surface area contributed by atoms with Crippen molar-refractivity contribution in [3.8, 4) is 11.8 Å². The zero-order valence-electron chi connectivity index (χ0n) is 12.3. The van der Waals surface area contributed by atoms with E-state index < -0.39 is 0 Å². The highest BCUT2D eigenvalue weighted by Gasteiger charge is 2.10. The van der Waals surface area contributed by atoms with Gasteiger partial charge in [-0.2, -0.15) is 0 Å². The van der Waals surface area contributed by atoms with Gasteiger partial charge in [0.1, 0.15) is 18.5 Å². The molecule has 0 spiro atoms. The van der Waals surface area contributed by atoms with E-state index in [1.165, 1.54) is 11.2 Å². The molecule has 6 heteroatoms. The summed E-state index contributed by atoms with van der Waals surface area (Å²) in [6.45, 7) is 0.450. The van der Waals surface area contributed by atoms with Crippen LogP contribution in [0.15, 0.2) is 47.8 Å². The van der Waals surface area contributed by atoms with E-state index in [2.05, 4.69) is 45.5 Å². The van der Waals surface area contributed by atoms with Gasteiger partial charge in [0.15, 0.2) is 0 Å². The van der Waals surface area contributed by atoms with Crippen LogP contribution in [0.25, 0.3) is 10.9 Å². The molecule has 3 aromatic rings. The molecule has 0 radical (unpaired) electrons. The molecule has 0 atom stereocenters. The monoisotopic (exact) mass is 313 g/mol.